The Labute approximate surface area is 194 Å². The molecule has 0 radical (unpaired) electrons. The number of nitrogens with zero attached hydrogens (tertiary/aromatic N) is 2. The minimum absolute atomic E-state index is 0.0272. The number of aromatic nitrogens is 1. The third-order valence-electron chi connectivity index (χ3n) is 7.23. The number of piperidine rings is 1. The third kappa shape index (κ3) is 3.68. The molecule has 0 spiro atoms. The summed E-state index contributed by atoms with van der Waals surface area (Å²) in [4.78, 5) is 7.38. The lowest BCUT2D eigenvalue weighted by Crippen LogP contribution is -2.53. The molecule has 0 amide bonds. The highest BCUT2D eigenvalue weighted by molar-refractivity contribution is 6.32. The van der Waals surface area contributed by atoms with Gasteiger partial charge in [-0.3, -0.25) is 9.88 Å². The van der Waals surface area contributed by atoms with E-state index in [4.69, 9.17) is 33.9 Å². The minimum Gasteiger partial charge on any atom is -0.330 e. The molecule has 5 heteroatoms. The van der Waals surface area contributed by atoms with Gasteiger partial charge in [0, 0.05) is 46.0 Å². The van der Waals surface area contributed by atoms with Crippen molar-refractivity contribution in [2.24, 2.45) is 5.73 Å². The van der Waals surface area contributed by atoms with Crippen LogP contribution in [0.4, 0.5) is 0 Å². The van der Waals surface area contributed by atoms with Gasteiger partial charge >= 0.3 is 0 Å². The SMILES string of the molecule is NCC1(c2ccccn2)C[C@@H]2CC[C@@H](C1)N2C(c1ccccc1Cl)c1ccccc1Cl. The van der Waals surface area contributed by atoms with E-state index in [1.54, 1.807) is 0 Å². The second-order valence-electron chi connectivity index (χ2n) is 8.89. The number of hydrogen-bond donors (Lipinski definition) is 1. The lowest BCUT2D eigenvalue weighted by molar-refractivity contribution is 0.0586. The summed E-state index contributed by atoms with van der Waals surface area (Å²) >= 11 is 13.5. The molecule has 31 heavy (non-hydrogen) atoms. The van der Waals surface area contributed by atoms with Crippen LogP contribution in [0.15, 0.2) is 72.9 Å². The standard InChI is InChI=1S/C26H27Cl2N3/c27-22-9-3-1-7-20(22)25(21-8-2-4-10-23(21)28)31-18-12-13-19(31)16-26(15-18,17-29)24-11-5-6-14-30-24/h1-11,14,18-19,25H,12-13,15-17,29H2/t18-,19-/m0/s1. The van der Waals surface area contributed by atoms with Gasteiger partial charge in [-0.2, -0.15) is 0 Å². The van der Waals surface area contributed by atoms with Gasteiger partial charge in [-0.1, -0.05) is 65.7 Å². The second kappa shape index (κ2) is 8.55. The van der Waals surface area contributed by atoms with E-state index in [-0.39, 0.29) is 11.5 Å². The Hall–Kier alpha value is -1.91. The molecular formula is C26H27Cl2N3. The summed E-state index contributed by atoms with van der Waals surface area (Å²) in [5.41, 5.74) is 9.70. The van der Waals surface area contributed by atoms with Crippen molar-refractivity contribution < 1.29 is 0 Å². The van der Waals surface area contributed by atoms with Crippen molar-refractivity contribution in [2.75, 3.05) is 6.54 Å². The van der Waals surface area contributed by atoms with Crippen LogP contribution in [0.5, 0.6) is 0 Å². The molecule has 2 atom stereocenters. The average Bonchev–Trinajstić information content (AvgIpc) is 3.06. The Morgan fingerprint density at radius 3 is 1.90 bits per heavy atom. The number of fused-ring (bicyclic) bond motifs is 2. The first-order valence-electron chi connectivity index (χ1n) is 11.0. The van der Waals surface area contributed by atoms with Crippen LogP contribution in [-0.2, 0) is 5.41 Å². The van der Waals surface area contributed by atoms with Crippen molar-refractivity contribution in [3.05, 3.63) is 99.8 Å². The highest BCUT2D eigenvalue weighted by Gasteiger charge is 2.51. The molecule has 3 nitrogen and oxygen atoms in total. The fourth-order valence-electron chi connectivity index (χ4n) is 5.84. The number of rotatable bonds is 5. The zero-order valence-electron chi connectivity index (χ0n) is 17.4. The number of halogens is 2. The van der Waals surface area contributed by atoms with Gasteiger partial charge in [0.05, 0.1) is 6.04 Å². The van der Waals surface area contributed by atoms with E-state index in [1.165, 1.54) is 0 Å². The van der Waals surface area contributed by atoms with Crippen LogP contribution in [-0.4, -0.2) is 28.5 Å². The first kappa shape index (κ1) is 21.0. The van der Waals surface area contributed by atoms with Crippen LogP contribution in [0.3, 0.4) is 0 Å². The van der Waals surface area contributed by atoms with E-state index >= 15 is 0 Å². The maximum absolute atomic E-state index is 6.74. The molecule has 2 bridgehead atoms. The Morgan fingerprint density at radius 2 is 1.42 bits per heavy atom. The maximum atomic E-state index is 6.74. The number of hydrogen-bond acceptors (Lipinski definition) is 3. The van der Waals surface area contributed by atoms with Gasteiger partial charge in [0.1, 0.15) is 0 Å². The van der Waals surface area contributed by atoms with Gasteiger partial charge in [0.15, 0.2) is 0 Å². The van der Waals surface area contributed by atoms with Crippen LogP contribution in [0, 0.1) is 0 Å². The minimum atomic E-state index is -0.0743. The van der Waals surface area contributed by atoms with Gasteiger partial charge < -0.3 is 5.73 Å². The van der Waals surface area contributed by atoms with Crippen molar-refractivity contribution in [2.45, 2.75) is 49.2 Å². The monoisotopic (exact) mass is 451 g/mol. The van der Waals surface area contributed by atoms with Gasteiger partial charge in [-0.05, 0) is 61.1 Å². The van der Waals surface area contributed by atoms with Crippen LogP contribution in [0.1, 0.15) is 48.5 Å². The molecule has 2 N–H and O–H groups in total. The lowest BCUT2D eigenvalue weighted by atomic mass is 9.71. The molecule has 2 fully saturated rings. The van der Waals surface area contributed by atoms with E-state index in [2.05, 4.69) is 41.3 Å². The largest absolute Gasteiger partial charge is 0.330 e. The van der Waals surface area contributed by atoms with E-state index in [1.807, 2.05) is 36.5 Å². The van der Waals surface area contributed by atoms with Crippen molar-refractivity contribution in [1.82, 2.24) is 9.88 Å². The summed E-state index contributed by atoms with van der Waals surface area (Å²) in [6, 6.07) is 23.4. The number of pyridine rings is 1. The van der Waals surface area contributed by atoms with Crippen LogP contribution in [0.2, 0.25) is 10.0 Å². The summed E-state index contributed by atoms with van der Waals surface area (Å²) in [6.45, 7) is 0.619. The molecule has 2 aliphatic rings. The highest BCUT2D eigenvalue weighted by Crippen LogP contribution is 2.51. The Balaban J connectivity index is 1.58. The summed E-state index contributed by atoms with van der Waals surface area (Å²) in [7, 11) is 0. The van der Waals surface area contributed by atoms with Gasteiger partial charge in [-0.15, -0.1) is 0 Å². The average molecular weight is 452 g/mol. The first-order valence-corrected chi connectivity index (χ1v) is 11.8. The zero-order valence-corrected chi connectivity index (χ0v) is 18.9. The van der Waals surface area contributed by atoms with E-state index in [9.17, 15) is 0 Å². The fourth-order valence-corrected chi connectivity index (χ4v) is 6.32. The molecule has 5 rings (SSSR count). The molecule has 0 saturated carbocycles. The summed E-state index contributed by atoms with van der Waals surface area (Å²) in [5, 5.41) is 1.57. The Kier molecular flexibility index (Phi) is 5.78. The summed E-state index contributed by atoms with van der Waals surface area (Å²) in [6.07, 6.45) is 6.21. The van der Waals surface area contributed by atoms with Crippen molar-refractivity contribution in [1.29, 1.82) is 0 Å². The molecule has 160 valence electrons. The van der Waals surface area contributed by atoms with Crippen molar-refractivity contribution in [3.63, 3.8) is 0 Å². The molecule has 3 aromatic rings. The van der Waals surface area contributed by atoms with E-state index < -0.39 is 0 Å². The summed E-state index contributed by atoms with van der Waals surface area (Å²) in [5.74, 6) is 0. The molecule has 0 unspecified atom stereocenters. The quantitative estimate of drug-likeness (QED) is 0.516. The number of nitrogens with two attached hydrogens (primary N) is 1. The van der Waals surface area contributed by atoms with Gasteiger partial charge in [0.2, 0.25) is 0 Å². The van der Waals surface area contributed by atoms with Crippen LogP contribution in [0.25, 0.3) is 0 Å². The first-order chi connectivity index (χ1) is 15.1. The molecule has 2 saturated heterocycles. The molecule has 2 aromatic carbocycles. The third-order valence-corrected chi connectivity index (χ3v) is 7.91. The molecule has 1 aromatic heterocycles. The second-order valence-corrected chi connectivity index (χ2v) is 9.70. The zero-order chi connectivity index (χ0) is 21.4. The smallest absolute Gasteiger partial charge is 0.0636 e. The van der Waals surface area contributed by atoms with E-state index in [0.717, 1.165) is 52.5 Å². The predicted octanol–water partition coefficient (Wildman–Crippen LogP) is 6.00. The van der Waals surface area contributed by atoms with Crippen molar-refractivity contribution in [3.8, 4) is 0 Å². The van der Waals surface area contributed by atoms with E-state index in [0.29, 0.717) is 18.6 Å². The molecule has 2 aliphatic heterocycles. The molecular weight excluding hydrogens is 425 g/mol. The highest BCUT2D eigenvalue weighted by atomic mass is 35.5. The lowest BCUT2D eigenvalue weighted by Gasteiger charge is -2.49. The predicted molar refractivity (Wildman–Crippen MR) is 128 cm³/mol. The Morgan fingerprint density at radius 1 is 0.871 bits per heavy atom. The Bertz CT molecular complexity index is 996. The van der Waals surface area contributed by atoms with Gasteiger partial charge in [0.25, 0.3) is 0 Å². The van der Waals surface area contributed by atoms with Crippen LogP contribution >= 0.6 is 23.2 Å². The summed E-state index contributed by atoms with van der Waals surface area (Å²) < 4.78 is 0. The molecule has 0 aliphatic carbocycles. The maximum Gasteiger partial charge on any atom is 0.0636 e. The van der Waals surface area contributed by atoms with Crippen LogP contribution < -0.4 is 5.73 Å². The van der Waals surface area contributed by atoms with Gasteiger partial charge in [-0.25, -0.2) is 0 Å². The fraction of sp³-hybridized carbons (Fsp3) is 0.346. The molecule has 3 heterocycles. The normalized spacial score (nSPS) is 25.8. The van der Waals surface area contributed by atoms with Crippen molar-refractivity contribution >= 4 is 23.2 Å². The topological polar surface area (TPSA) is 42.1 Å². The number of benzene rings is 2.